The van der Waals surface area contributed by atoms with E-state index in [-0.39, 0.29) is 6.04 Å². The molecule has 2 aromatic carbocycles. The Bertz CT molecular complexity index is 1030. The molecular formula is C29H36N2. The maximum atomic E-state index is 6.61. The molecule has 2 nitrogen and oxygen atoms in total. The van der Waals surface area contributed by atoms with Crippen molar-refractivity contribution in [3.05, 3.63) is 89.8 Å². The van der Waals surface area contributed by atoms with Crippen LogP contribution in [-0.2, 0) is 6.42 Å². The first-order valence-electron chi connectivity index (χ1n) is 11.7. The van der Waals surface area contributed by atoms with Crippen molar-refractivity contribution >= 4 is 16.3 Å². The van der Waals surface area contributed by atoms with Crippen LogP contribution in [-0.4, -0.2) is 6.04 Å². The summed E-state index contributed by atoms with van der Waals surface area (Å²) in [5.41, 5.74) is 13.2. The maximum Gasteiger partial charge on any atom is 0.0262 e. The smallest absolute Gasteiger partial charge is 0.0262 e. The number of nitrogens with two attached hydrogens (primary N) is 1. The highest BCUT2D eigenvalue weighted by Gasteiger charge is 2.33. The SMILES string of the molecule is C1=CC=CNC=C1.CC(C)(C)CC1CC2=C(CCc3c2ccc2ccccc32)[C@H](N)C1. The summed E-state index contributed by atoms with van der Waals surface area (Å²) in [6, 6.07) is 13.7. The number of rotatable bonds is 1. The lowest BCUT2D eigenvalue weighted by Crippen LogP contribution is -2.34. The predicted octanol–water partition coefficient (Wildman–Crippen LogP) is 6.89. The van der Waals surface area contributed by atoms with Gasteiger partial charge in [-0.15, -0.1) is 0 Å². The van der Waals surface area contributed by atoms with Crippen LogP contribution < -0.4 is 11.1 Å². The summed E-state index contributed by atoms with van der Waals surface area (Å²) in [6.45, 7) is 7.06. The second kappa shape index (κ2) is 9.28. The molecule has 0 radical (unpaired) electrons. The zero-order valence-electron chi connectivity index (χ0n) is 19.2. The Balaban J connectivity index is 0.000000282. The number of aryl methyl sites for hydroxylation is 1. The molecule has 2 atom stereocenters. The van der Waals surface area contributed by atoms with E-state index in [1.807, 2.05) is 36.7 Å². The van der Waals surface area contributed by atoms with Gasteiger partial charge in [0.1, 0.15) is 0 Å². The van der Waals surface area contributed by atoms with E-state index in [1.165, 1.54) is 35.6 Å². The Morgan fingerprint density at radius 1 is 0.935 bits per heavy atom. The molecule has 0 amide bonds. The highest BCUT2D eigenvalue weighted by atomic mass is 14.8. The van der Waals surface area contributed by atoms with Crippen molar-refractivity contribution in [2.45, 2.75) is 58.9 Å². The van der Waals surface area contributed by atoms with E-state index in [0.29, 0.717) is 5.41 Å². The number of benzene rings is 2. The summed E-state index contributed by atoms with van der Waals surface area (Å²) in [5.74, 6) is 0.719. The minimum absolute atomic E-state index is 0.265. The molecule has 0 bridgehead atoms. The lowest BCUT2D eigenvalue weighted by atomic mass is 9.69. The van der Waals surface area contributed by atoms with Crippen molar-refractivity contribution in [1.82, 2.24) is 5.32 Å². The third-order valence-electron chi connectivity index (χ3n) is 6.54. The highest BCUT2D eigenvalue weighted by molar-refractivity contribution is 5.92. The molecule has 5 rings (SSSR count). The van der Waals surface area contributed by atoms with Crippen LogP contribution in [0.3, 0.4) is 0 Å². The Morgan fingerprint density at radius 3 is 2.42 bits per heavy atom. The highest BCUT2D eigenvalue weighted by Crippen LogP contribution is 2.46. The van der Waals surface area contributed by atoms with Crippen molar-refractivity contribution < 1.29 is 0 Å². The molecule has 2 heteroatoms. The molecule has 31 heavy (non-hydrogen) atoms. The van der Waals surface area contributed by atoms with Crippen LogP contribution in [0.2, 0.25) is 0 Å². The zero-order chi connectivity index (χ0) is 21.8. The Hall–Kier alpha value is -2.58. The van der Waals surface area contributed by atoms with Crippen LogP contribution in [0.4, 0.5) is 0 Å². The molecule has 1 unspecified atom stereocenters. The van der Waals surface area contributed by atoms with E-state index >= 15 is 0 Å². The molecule has 2 aliphatic carbocycles. The fourth-order valence-electron chi connectivity index (χ4n) is 5.42. The van der Waals surface area contributed by atoms with E-state index < -0.39 is 0 Å². The third-order valence-corrected chi connectivity index (χ3v) is 6.54. The van der Waals surface area contributed by atoms with Gasteiger partial charge in [-0.2, -0.15) is 0 Å². The fraction of sp³-hybridized carbons (Fsp3) is 0.379. The summed E-state index contributed by atoms with van der Waals surface area (Å²) in [5, 5.41) is 5.73. The second-order valence-corrected chi connectivity index (χ2v) is 10.3. The molecule has 2 aromatic rings. The molecule has 162 valence electrons. The first kappa shape index (κ1) is 21.6. The van der Waals surface area contributed by atoms with Gasteiger partial charge in [0.25, 0.3) is 0 Å². The topological polar surface area (TPSA) is 38.0 Å². The first-order valence-corrected chi connectivity index (χ1v) is 11.7. The van der Waals surface area contributed by atoms with Gasteiger partial charge in [0.2, 0.25) is 0 Å². The minimum atomic E-state index is 0.265. The van der Waals surface area contributed by atoms with Crippen LogP contribution in [0.25, 0.3) is 16.3 Å². The van der Waals surface area contributed by atoms with E-state index in [2.05, 4.69) is 62.5 Å². The van der Waals surface area contributed by atoms with Crippen molar-refractivity contribution in [2.24, 2.45) is 17.1 Å². The summed E-state index contributed by atoms with van der Waals surface area (Å²) in [4.78, 5) is 0. The molecule has 1 heterocycles. The summed E-state index contributed by atoms with van der Waals surface area (Å²) in [7, 11) is 0. The minimum Gasteiger partial charge on any atom is -0.368 e. The number of allylic oxidation sites excluding steroid dienone is 5. The molecule has 1 aliphatic heterocycles. The third kappa shape index (κ3) is 5.19. The van der Waals surface area contributed by atoms with Gasteiger partial charge in [-0.25, -0.2) is 0 Å². The number of hydrogen-bond acceptors (Lipinski definition) is 2. The Kier molecular flexibility index (Phi) is 6.48. The van der Waals surface area contributed by atoms with Gasteiger partial charge in [-0.05, 0) is 88.6 Å². The van der Waals surface area contributed by atoms with Gasteiger partial charge in [0.15, 0.2) is 0 Å². The van der Waals surface area contributed by atoms with Crippen LogP contribution >= 0.6 is 0 Å². The van der Waals surface area contributed by atoms with E-state index in [9.17, 15) is 0 Å². The van der Waals surface area contributed by atoms with Gasteiger partial charge in [0.05, 0.1) is 0 Å². The van der Waals surface area contributed by atoms with Gasteiger partial charge in [-0.1, -0.05) is 69.3 Å². The quantitative estimate of drug-likeness (QED) is 0.535. The maximum absolute atomic E-state index is 6.61. The van der Waals surface area contributed by atoms with Gasteiger partial charge < -0.3 is 11.1 Å². The second-order valence-electron chi connectivity index (χ2n) is 10.3. The van der Waals surface area contributed by atoms with Crippen molar-refractivity contribution in [1.29, 1.82) is 0 Å². The van der Waals surface area contributed by atoms with Crippen LogP contribution in [0, 0.1) is 11.3 Å². The monoisotopic (exact) mass is 412 g/mol. The molecule has 3 aliphatic rings. The first-order chi connectivity index (χ1) is 14.9. The lowest BCUT2D eigenvalue weighted by molar-refractivity contribution is 0.271. The molecule has 0 saturated carbocycles. The normalized spacial score (nSPS) is 22.2. The summed E-state index contributed by atoms with van der Waals surface area (Å²) in [6.07, 6.45) is 17.5. The van der Waals surface area contributed by atoms with Crippen molar-refractivity contribution in [3.8, 4) is 0 Å². The average molecular weight is 413 g/mol. The molecular weight excluding hydrogens is 376 g/mol. The summed E-state index contributed by atoms with van der Waals surface area (Å²) >= 11 is 0. The lowest BCUT2D eigenvalue weighted by Gasteiger charge is -2.38. The van der Waals surface area contributed by atoms with E-state index in [1.54, 1.807) is 16.7 Å². The molecule has 3 N–H and O–H groups in total. The zero-order valence-corrected chi connectivity index (χ0v) is 19.2. The van der Waals surface area contributed by atoms with Gasteiger partial charge in [0, 0.05) is 18.4 Å². The van der Waals surface area contributed by atoms with E-state index in [0.717, 1.165) is 18.8 Å². The Morgan fingerprint density at radius 2 is 1.68 bits per heavy atom. The number of fused-ring (bicyclic) bond motifs is 4. The number of nitrogens with one attached hydrogen (secondary N) is 1. The van der Waals surface area contributed by atoms with Crippen LogP contribution in [0.15, 0.2) is 78.7 Å². The van der Waals surface area contributed by atoms with Crippen LogP contribution in [0.5, 0.6) is 0 Å². The largest absolute Gasteiger partial charge is 0.368 e. The molecule has 0 spiro atoms. The fourth-order valence-corrected chi connectivity index (χ4v) is 5.42. The standard InChI is InChI=1S/C23H29N.C6H7N/c1-23(2,3)14-15-12-21-19-9-8-16-6-4-5-7-17(16)18(19)10-11-20(21)22(24)13-15;1-2-4-6-7-5-3-1/h4-9,15,22H,10-14,24H2,1-3H3;1-7H/t15?,22-;/m1./s1. The van der Waals surface area contributed by atoms with Gasteiger partial charge >= 0.3 is 0 Å². The van der Waals surface area contributed by atoms with Crippen molar-refractivity contribution in [2.75, 3.05) is 0 Å². The molecule has 0 fully saturated rings. The van der Waals surface area contributed by atoms with Crippen LogP contribution in [0.1, 0.15) is 57.6 Å². The molecule has 0 aromatic heterocycles. The van der Waals surface area contributed by atoms with Gasteiger partial charge in [-0.3, -0.25) is 0 Å². The Labute approximate surface area is 187 Å². The molecule has 0 saturated heterocycles. The van der Waals surface area contributed by atoms with E-state index in [4.69, 9.17) is 5.73 Å². The number of hydrogen-bond donors (Lipinski definition) is 2. The summed E-state index contributed by atoms with van der Waals surface area (Å²) < 4.78 is 0. The average Bonchev–Trinajstić information content (AvgIpc) is 3.06. The predicted molar refractivity (Wildman–Crippen MR) is 135 cm³/mol. The van der Waals surface area contributed by atoms with Crippen molar-refractivity contribution in [3.63, 3.8) is 0 Å².